The van der Waals surface area contributed by atoms with E-state index in [2.05, 4.69) is 9.97 Å². The molecular formula is C12H14N2O2S2. The Morgan fingerprint density at radius 3 is 2.83 bits per heavy atom. The Hall–Kier alpha value is -1.27. The Bertz CT molecular complexity index is 534. The highest BCUT2D eigenvalue weighted by atomic mass is 32.1. The van der Waals surface area contributed by atoms with Crippen LogP contribution in [0.5, 0.6) is 0 Å². The number of ether oxygens (including phenoxy) is 1. The zero-order chi connectivity index (χ0) is 13.0. The van der Waals surface area contributed by atoms with Gasteiger partial charge in [0.1, 0.15) is 10.7 Å². The van der Waals surface area contributed by atoms with Crippen molar-refractivity contribution < 1.29 is 9.53 Å². The fourth-order valence-corrected chi connectivity index (χ4v) is 2.95. The summed E-state index contributed by atoms with van der Waals surface area (Å²) in [5.41, 5.74) is 1.85. The van der Waals surface area contributed by atoms with Gasteiger partial charge >= 0.3 is 5.97 Å². The van der Waals surface area contributed by atoms with E-state index >= 15 is 0 Å². The third kappa shape index (κ3) is 3.36. The van der Waals surface area contributed by atoms with Gasteiger partial charge in [0.2, 0.25) is 0 Å². The van der Waals surface area contributed by atoms with E-state index in [-0.39, 0.29) is 5.97 Å². The maximum atomic E-state index is 11.2. The van der Waals surface area contributed by atoms with Gasteiger partial charge in [-0.2, -0.15) is 0 Å². The average Bonchev–Trinajstić information content (AvgIpc) is 2.95. The van der Waals surface area contributed by atoms with Crippen molar-refractivity contribution in [3.05, 3.63) is 21.5 Å². The van der Waals surface area contributed by atoms with Gasteiger partial charge in [-0.1, -0.05) is 0 Å². The molecule has 0 saturated carbocycles. The molecule has 6 heteroatoms. The van der Waals surface area contributed by atoms with Crippen LogP contribution in [0, 0.1) is 6.92 Å². The van der Waals surface area contributed by atoms with E-state index < -0.39 is 0 Å². The standard InChI is InChI=1S/C12H14N2O2S2/c1-3-16-11(15)5-4-9-6-18-12(14-9)10-7-17-8(2)13-10/h6-7H,3-5H2,1-2H3. The van der Waals surface area contributed by atoms with Gasteiger partial charge in [-0.25, -0.2) is 9.97 Å². The molecule has 0 radical (unpaired) electrons. The van der Waals surface area contributed by atoms with Crippen LogP contribution >= 0.6 is 22.7 Å². The number of thiazole rings is 2. The first-order chi connectivity index (χ1) is 8.69. The van der Waals surface area contributed by atoms with Crippen LogP contribution in [0.2, 0.25) is 0 Å². The molecule has 0 atom stereocenters. The lowest BCUT2D eigenvalue weighted by Crippen LogP contribution is -2.05. The summed E-state index contributed by atoms with van der Waals surface area (Å²) < 4.78 is 4.88. The maximum Gasteiger partial charge on any atom is 0.306 e. The first-order valence-corrected chi connectivity index (χ1v) is 7.47. The van der Waals surface area contributed by atoms with E-state index in [0.29, 0.717) is 19.4 Å². The van der Waals surface area contributed by atoms with E-state index in [1.54, 1.807) is 22.7 Å². The molecule has 2 rings (SSSR count). The molecule has 2 aromatic heterocycles. The molecule has 0 aromatic carbocycles. The van der Waals surface area contributed by atoms with Crippen LogP contribution in [0.1, 0.15) is 24.0 Å². The average molecular weight is 282 g/mol. The molecule has 0 aliphatic heterocycles. The largest absolute Gasteiger partial charge is 0.466 e. The Balaban J connectivity index is 1.96. The molecule has 18 heavy (non-hydrogen) atoms. The molecule has 0 saturated heterocycles. The lowest BCUT2D eigenvalue weighted by molar-refractivity contribution is -0.143. The number of carbonyl (C=O) groups is 1. The highest BCUT2D eigenvalue weighted by Gasteiger charge is 2.09. The summed E-state index contributed by atoms with van der Waals surface area (Å²) in [6.45, 7) is 4.21. The lowest BCUT2D eigenvalue weighted by atomic mass is 10.2. The molecule has 0 spiro atoms. The van der Waals surface area contributed by atoms with Gasteiger partial charge in [-0.3, -0.25) is 4.79 Å². The summed E-state index contributed by atoms with van der Waals surface area (Å²) in [5.74, 6) is -0.170. The third-order valence-electron chi connectivity index (χ3n) is 2.28. The van der Waals surface area contributed by atoms with Crippen LogP contribution in [-0.4, -0.2) is 22.5 Å². The van der Waals surface area contributed by atoms with Gasteiger partial charge in [0.25, 0.3) is 0 Å². The predicted octanol–water partition coefficient (Wildman–Crippen LogP) is 3.07. The van der Waals surface area contributed by atoms with Crippen molar-refractivity contribution in [3.63, 3.8) is 0 Å². The molecule has 0 aliphatic rings. The van der Waals surface area contributed by atoms with E-state index in [1.165, 1.54) is 0 Å². The lowest BCUT2D eigenvalue weighted by Gasteiger charge is -1.98. The monoisotopic (exact) mass is 282 g/mol. The van der Waals surface area contributed by atoms with Crippen molar-refractivity contribution in [2.24, 2.45) is 0 Å². The fourth-order valence-electron chi connectivity index (χ4n) is 1.46. The molecule has 0 fully saturated rings. The summed E-state index contributed by atoms with van der Waals surface area (Å²) in [4.78, 5) is 20.1. The normalized spacial score (nSPS) is 10.6. The van der Waals surface area contributed by atoms with Crippen LogP contribution in [0.4, 0.5) is 0 Å². The van der Waals surface area contributed by atoms with Gasteiger partial charge in [0.15, 0.2) is 0 Å². The molecule has 2 aromatic rings. The molecule has 0 aliphatic carbocycles. The van der Waals surface area contributed by atoms with Gasteiger partial charge in [0, 0.05) is 17.2 Å². The number of aryl methyl sites for hydroxylation is 2. The topological polar surface area (TPSA) is 52.1 Å². The molecule has 0 N–H and O–H groups in total. The molecule has 2 heterocycles. The molecule has 4 nitrogen and oxygen atoms in total. The van der Waals surface area contributed by atoms with Crippen LogP contribution in [0.15, 0.2) is 10.8 Å². The van der Waals surface area contributed by atoms with Gasteiger partial charge in [0.05, 0.1) is 23.7 Å². The minimum absolute atomic E-state index is 0.170. The first-order valence-electron chi connectivity index (χ1n) is 5.71. The van der Waals surface area contributed by atoms with Crippen LogP contribution in [0.3, 0.4) is 0 Å². The summed E-state index contributed by atoms with van der Waals surface area (Å²) in [6.07, 6.45) is 1.01. The number of hydrogen-bond donors (Lipinski definition) is 0. The van der Waals surface area contributed by atoms with Crippen molar-refractivity contribution in [1.29, 1.82) is 0 Å². The molecule has 0 bridgehead atoms. The van der Waals surface area contributed by atoms with E-state index in [1.807, 2.05) is 24.6 Å². The number of hydrogen-bond acceptors (Lipinski definition) is 6. The highest BCUT2D eigenvalue weighted by Crippen LogP contribution is 2.25. The zero-order valence-electron chi connectivity index (χ0n) is 10.3. The minimum atomic E-state index is -0.170. The fraction of sp³-hybridized carbons (Fsp3) is 0.417. The quantitative estimate of drug-likeness (QED) is 0.791. The van der Waals surface area contributed by atoms with Crippen LogP contribution in [-0.2, 0) is 16.0 Å². The Morgan fingerprint density at radius 2 is 2.17 bits per heavy atom. The van der Waals surface area contributed by atoms with Crippen molar-refractivity contribution in [2.75, 3.05) is 6.61 Å². The summed E-state index contributed by atoms with van der Waals surface area (Å²) in [7, 11) is 0. The smallest absolute Gasteiger partial charge is 0.306 e. The third-order valence-corrected chi connectivity index (χ3v) is 3.97. The first kappa shape index (κ1) is 13.2. The minimum Gasteiger partial charge on any atom is -0.466 e. The maximum absolute atomic E-state index is 11.2. The zero-order valence-corrected chi connectivity index (χ0v) is 11.9. The second kappa shape index (κ2) is 6.06. The van der Waals surface area contributed by atoms with Crippen molar-refractivity contribution in [3.8, 4) is 10.7 Å². The van der Waals surface area contributed by atoms with Gasteiger partial charge in [-0.05, 0) is 13.8 Å². The SMILES string of the molecule is CCOC(=O)CCc1csc(-c2csc(C)n2)n1. The Labute approximate surface area is 114 Å². The Morgan fingerprint density at radius 1 is 1.33 bits per heavy atom. The van der Waals surface area contributed by atoms with Crippen molar-refractivity contribution >= 4 is 28.6 Å². The van der Waals surface area contributed by atoms with E-state index in [4.69, 9.17) is 4.74 Å². The number of carbonyl (C=O) groups excluding carboxylic acids is 1. The number of rotatable bonds is 5. The number of nitrogens with zero attached hydrogens (tertiary/aromatic N) is 2. The van der Waals surface area contributed by atoms with Crippen molar-refractivity contribution in [2.45, 2.75) is 26.7 Å². The van der Waals surface area contributed by atoms with Crippen LogP contribution in [0.25, 0.3) is 10.7 Å². The van der Waals surface area contributed by atoms with E-state index in [0.717, 1.165) is 21.4 Å². The second-order valence-corrected chi connectivity index (χ2v) is 5.62. The van der Waals surface area contributed by atoms with Gasteiger partial charge < -0.3 is 4.74 Å². The summed E-state index contributed by atoms with van der Waals surface area (Å²) in [6, 6.07) is 0. The summed E-state index contributed by atoms with van der Waals surface area (Å²) in [5, 5.41) is 5.93. The highest BCUT2D eigenvalue weighted by molar-refractivity contribution is 7.14. The van der Waals surface area contributed by atoms with Crippen molar-refractivity contribution in [1.82, 2.24) is 9.97 Å². The van der Waals surface area contributed by atoms with Gasteiger partial charge in [-0.15, -0.1) is 22.7 Å². The van der Waals surface area contributed by atoms with E-state index in [9.17, 15) is 4.79 Å². The molecule has 0 amide bonds. The molecular weight excluding hydrogens is 268 g/mol. The summed E-state index contributed by atoms with van der Waals surface area (Å²) >= 11 is 3.18. The number of aromatic nitrogens is 2. The number of esters is 1. The molecule has 0 unspecified atom stereocenters. The Kier molecular flexibility index (Phi) is 4.43. The van der Waals surface area contributed by atoms with Crippen LogP contribution < -0.4 is 0 Å². The predicted molar refractivity (Wildman–Crippen MR) is 72.9 cm³/mol. The second-order valence-electron chi connectivity index (χ2n) is 3.70. The molecule has 96 valence electrons.